The van der Waals surface area contributed by atoms with E-state index < -0.39 is 0 Å². The maximum atomic E-state index is 4.14. The van der Waals surface area contributed by atoms with E-state index in [0.29, 0.717) is 5.92 Å². The van der Waals surface area contributed by atoms with Crippen LogP contribution in [0.4, 0.5) is 0 Å². The van der Waals surface area contributed by atoms with Crippen LogP contribution in [0, 0.1) is 0 Å². The second-order valence-electron chi connectivity index (χ2n) is 10.4. The van der Waals surface area contributed by atoms with Gasteiger partial charge in [-0.15, -0.1) is 0 Å². The van der Waals surface area contributed by atoms with Crippen LogP contribution in [0.3, 0.4) is 0 Å². The third-order valence-corrected chi connectivity index (χ3v) is 8.28. The zero-order valence-corrected chi connectivity index (χ0v) is 21.5. The van der Waals surface area contributed by atoms with Gasteiger partial charge in [0.05, 0.1) is 0 Å². The van der Waals surface area contributed by atoms with Gasteiger partial charge in [0.15, 0.2) is 0 Å². The maximum absolute atomic E-state index is 4.14. The van der Waals surface area contributed by atoms with Crippen LogP contribution in [0.1, 0.15) is 97.0 Å². The summed E-state index contributed by atoms with van der Waals surface area (Å²) in [6, 6.07) is 3.32. The fraction of sp³-hybridized carbons (Fsp3) is 0.852. The molecule has 1 aliphatic carbocycles. The number of piperazine rings is 1. The Kier molecular flexibility index (Phi) is 10.4. The van der Waals surface area contributed by atoms with Crippen molar-refractivity contribution in [1.29, 1.82) is 0 Å². The highest BCUT2D eigenvalue weighted by Gasteiger charge is 2.37. The summed E-state index contributed by atoms with van der Waals surface area (Å²) in [5.41, 5.74) is 1.33. The van der Waals surface area contributed by atoms with Crippen LogP contribution in [-0.2, 0) is 0 Å². The Morgan fingerprint density at radius 1 is 0.781 bits per heavy atom. The highest BCUT2D eigenvalue weighted by molar-refractivity contribution is 5.11. The zero-order valence-electron chi connectivity index (χ0n) is 21.5. The highest BCUT2D eigenvalue weighted by Crippen LogP contribution is 2.31. The van der Waals surface area contributed by atoms with Crippen LogP contribution in [0.5, 0.6) is 0 Å². The van der Waals surface area contributed by atoms with Gasteiger partial charge in [0.25, 0.3) is 0 Å². The first-order valence-corrected chi connectivity index (χ1v) is 13.6. The topological polar surface area (TPSA) is 35.5 Å². The summed E-state index contributed by atoms with van der Waals surface area (Å²) in [6.45, 7) is 13.7. The summed E-state index contributed by atoms with van der Waals surface area (Å²) < 4.78 is 0. The zero-order chi connectivity index (χ0) is 22.9. The van der Waals surface area contributed by atoms with Gasteiger partial charge < -0.3 is 4.90 Å². The normalized spacial score (nSPS) is 28.1. The number of likely N-dealkylation sites (N-methyl/N-ethyl adjacent to an activating group) is 1. The first-order chi connectivity index (χ1) is 15.6. The minimum atomic E-state index is 0.686. The van der Waals surface area contributed by atoms with Gasteiger partial charge in [0, 0.05) is 49.7 Å². The molecule has 0 radical (unpaired) electrons. The first kappa shape index (κ1) is 25.6. The molecule has 0 amide bonds. The van der Waals surface area contributed by atoms with E-state index >= 15 is 0 Å². The maximum Gasteiger partial charge on any atom is 0.115 e. The standard InChI is InChI=1S/C15H23N3.C10H20N2.C2H6/c1-2-4-15(5-3-1)18-8-6-13(7-9-18)14-10-16-12-17-11-14;1-8(2)12-6-9-4-5-10(7-12)11(9)3;1-2/h10-13,15H,1-9H2;8-10H,4-7H2,1-3H3;1-2H3. The molecule has 1 aromatic heterocycles. The van der Waals surface area contributed by atoms with Gasteiger partial charge >= 0.3 is 0 Å². The SMILES string of the molecule is CC.CC(C)N1CC2CCC(C1)N2C.c1ncc(C2CCN(C3CCCCC3)CC2)cn1. The second kappa shape index (κ2) is 13.0. The lowest BCUT2D eigenvalue weighted by atomic mass is 9.88. The number of aromatic nitrogens is 2. The van der Waals surface area contributed by atoms with Crippen LogP contribution in [0.2, 0.25) is 0 Å². The van der Waals surface area contributed by atoms with E-state index in [1.807, 2.05) is 26.2 Å². The van der Waals surface area contributed by atoms with Crippen molar-refractivity contribution in [2.24, 2.45) is 0 Å². The molecule has 5 heteroatoms. The Bertz CT molecular complexity index is 608. The van der Waals surface area contributed by atoms with E-state index in [1.54, 1.807) is 6.33 Å². The van der Waals surface area contributed by atoms with Crippen LogP contribution in [0.25, 0.3) is 0 Å². The molecule has 3 aliphatic heterocycles. The van der Waals surface area contributed by atoms with Crippen LogP contribution < -0.4 is 0 Å². The number of hydrogen-bond acceptors (Lipinski definition) is 5. The Labute approximate surface area is 198 Å². The van der Waals surface area contributed by atoms with E-state index in [1.165, 1.54) is 89.5 Å². The molecular formula is C27H49N5. The van der Waals surface area contributed by atoms with Gasteiger partial charge in [-0.2, -0.15) is 0 Å². The molecule has 1 aromatic rings. The lowest BCUT2D eigenvalue weighted by Crippen LogP contribution is -2.53. The molecule has 0 spiro atoms. The van der Waals surface area contributed by atoms with Gasteiger partial charge in [0.1, 0.15) is 6.33 Å². The smallest absolute Gasteiger partial charge is 0.115 e. The van der Waals surface area contributed by atoms with Crippen molar-refractivity contribution >= 4 is 0 Å². The number of hydrogen-bond donors (Lipinski definition) is 0. The van der Waals surface area contributed by atoms with E-state index in [0.717, 1.165) is 24.2 Å². The predicted octanol–water partition coefficient (Wildman–Crippen LogP) is 5.19. The largest absolute Gasteiger partial charge is 0.300 e. The summed E-state index contributed by atoms with van der Waals surface area (Å²) in [7, 11) is 2.29. The molecule has 5 rings (SSSR count). The molecule has 3 saturated heterocycles. The monoisotopic (exact) mass is 443 g/mol. The Hall–Kier alpha value is -1.04. The molecule has 2 bridgehead atoms. The summed E-state index contributed by atoms with van der Waals surface area (Å²) in [4.78, 5) is 16.2. The number of likely N-dealkylation sites (tertiary alicyclic amines) is 2. The molecule has 0 aromatic carbocycles. The van der Waals surface area contributed by atoms with E-state index in [-0.39, 0.29) is 0 Å². The minimum Gasteiger partial charge on any atom is -0.300 e. The quantitative estimate of drug-likeness (QED) is 0.642. The Morgan fingerprint density at radius 3 is 1.88 bits per heavy atom. The molecule has 4 fully saturated rings. The fourth-order valence-electron chi connectivity index (χ4n) is 6.13. The van der Waals surface area contributed by atoms with Crippen molar-refractivity contribution in [2.75, 3.05) is 33.2 Å². The molecule has 5 nitrogen and oxygen atoms in total. The first-order valence-electron chi connectivity index (χ1n) is 13.6. The lowest BCUT2D eigenvalue weighted by molar-refractivity contribution is 0.0682. The predicted molar refractivity (Wildman–Crippen MR) is 135 cm³/mol. The van der Waals surface area contributed by atoms with Gasteiger partial charge in [-0.05, 0) is 84.0 Å². The van der Waals surface area contributed by atoms with Crippen LogP contribution >= 0.6 is 0 Å². The fourth-order valence-corrected chi connectivity index (χ4v) is 6.13. The Morgan fingerprint density at radius 2 is 1.34 bits per heavy atom. The molecule has 0 N–H and O–H groups in total. The summed E-state index contributed by atoms with van der Waals surface area (Å²) in [5.74, 6) is 0.686. The molecule has 182 valence electrons. The molecule has 2 atom stereocenters. The minimum absolute atomic E-state index is 0.686. The third kappa shape index (κ3) is 6.74. The molecule has 32 heavy (non-hydrogen) atoms. The van der Waals surface area contributed by atoms with Gasteiger partial charge in [-0.25, -0.2) is 9.97 Å². The number of fused-ring (bicyclic) bond motifs is 2. The number of piperidine rings is 1. The Balaban J connectivity index is 0.000000180. The van der Waals surface area contributed by atoms with Crippen molar-refractivity contribution in [2.45, 2.75) is 116 Å². The number of rotatable bonds is 3. The van der Waals surface area contributed by atoms with E-state index in [2.05, 4.69) is 45.6 Å². The lowest BCUT2D eigenvalue weighted by Gasteiger charge is -2.40. The van der Waals surface area contributed by atoms with E-state index in [9.17, 15) is 0 Å². The van der Waals surface area contributed by atoms with Gasteiger partial charge in [-0.1, -0.05) is 33.1 Å². The summed E-state index contributed by atoms with van der Waals surface area (Å²) in [6.07, 6.45) is 18.2. The van der Waals surface area contributed by atoms with Crippen molar-refractivity contribution in [3.8, 4) is 0 Å². The molecule has 2 unspecified atom stereocenters. The average molecular weight is 444 g/mol. The summed E-state index contributed by atoms with van der Waals surface area (Å²) in [5, 5.41) is 0. The second-order valence-corrected chi connectivity index (χ2v) is 10.4. The summed E-state index contributed by atoms with van der Waals surface area (Å²) >= 11 is 0. The van der Waals surface area contributed by atoms with Crippen molar-refractivity contribution in [3.63, 3.8) is 0 Å². The number of nitrogens with zero attached hydrogens (tertiary/aromatic N) is 5. The van der Waals surface area contributed by atoms with Crippen LogP contribution in [0.15, 0.2) is 18.7 Å². The van der Waals surface area contributed by atoms with Crippen LogP contribution in [-0.4, -0.2) is 82.1 Å². The van der Waals surface area contributed by atoms with Crippen molar-refractivity contribution in [1.82, 2.24) is 24.7 Å². The molecule has 4 aliphatic rings. The van der Waals surface area contributed by atoms with Crippen molar-refractivity contribution in [3.05, 3.63) is 24.3 Å². The molecule has 1 saturated carbocycles. The average Bonchev–Trinajstić information content (AvgIpc) is 3.06. The van der Waals surface area contributed by atoms with E-state index in [4.69, 9.17) is 0 Å². The molecular weight excluding hydrogens is 394 g/mol. The van der Waals surface area contributed by atoms with Gasteiger partial charge in [0.2, 0.25) is 0 Å². The third-order valence-electron chi connectivity index (χ3n) is 8.28. The van der Waals surface area contributed by atoms with Crippen molar-refractivity contribution < 1.29 is 0 Å². The van der Waals surface area contributed by atoms with Gasteiger partial charge in [-0.3, -0.25) is 9.80 Å². The molecule has 4 heterocycles. The highest BCUT2D eigenvalue weighted by atomic mass is 15.3.